The molecule has 4 heteroatoms. The Bertz CT molecular complexity index is 663. The van der Waals surface area contributed by atoms with Gasteiger partial charge >= 0.3 is 0 Å². The van der Waals surface area contributed by atoms with E-state index in [0.29, 0.717) is 24.5 Å². The predicted molar refractivity (Wildman–Crippen MR) is 151 cm³/mol. The zero-order chi connectivity index (χ0) is 25.5. The van der Waals surface area contributed by atoms with Crippen molar-refractivity contribution in [2.75, 3.05) is 52.4 Å². The van der Waals surface area contributed by atoms with E-state index in [9.17, 15) is 0 Å². The van der Waals surface area contributed by atoms with Gasteiger partial charge in [-0.25, -0.2) is 0 Å². The summed E-state index contributed by atoms with van der Waals surface area (Å²) in [6.07, 6.45) is 19.7. The minimum absolute atomic E-state index is 0.377. The first-order valence-corrected chi connectivity index (χ1v) is 15.8. The van der Waals surface area contributed by atoms with Crippen molar-refractivity contribution in [1.29, 1.82) is 0 Å². The maximum absolute atomic E-state index is 6.03. The molecule has 0 aromatic carbocycles. The third-order valence-electron chi connectivity index (χ3n) is 10.8. The fraction of sp³-hybridized carbons (Fsp3) is 0.938. The van der Waals surface area contributed by atoms with Crippen LogP contribution in [0.15, 0.2) is 0 Å². The van der Waals surface area contributed by atoms with Gasteiger partial charge in [0, 0.05) is 25.2 Å². The Morgan fingerprint density at radius 3 is 2.22 bits per heavy atom. The number of nitrogens with one attached hydrogen (secondary N) is 1. The molecule has 4 fully saturated rings. The second-order valence-corrected chi connectivity index (χ2v) is 13.5. The number of ether oxygens (including phenoxy) is 1. The summed E-state index contributed by atoms with van der Waals surface area (Å²) in [6.45, 7) is 19.6. The molecule has 36 heavy (non-hydrogen) atoms. The summed E-state index contributed by atoms with van der Waals surface area (Å²) in [5.41, 5.74) is 0. The molecule has 4 rings (SSSR count). The van der Waals surface area contributed by atoms with Crippen LogP contribution in [0.25, 0.3) is 0 Å². The summed E-state index contributed by atoms with van der Waals surface area (Å²) in [5, 5.41) is 0. The molecular formula is C32H58N3O+. The van der Waals surface area contributed by atoms with Crippen LogP contribution in [0.5, 0.6) is 0 Å². The number of quaternary nitrogens is 1. The number of nitrogens with zero attached hydrogens (tertiary/aromatic N) is 2. The van der Waals surface area contributed by atoms with Crippen molar-refractivity contribution in [2.45, 2.75) is 110 Å². The number of terminal acetylenes is 1. The molecule has 1 aliphatic carbocycles. The lowest BCUT2D eigenvalue weighted by Gasteiger charge is -2.43. The molecule has 0 amide bonds. The standard InChI is InChI=1S/C32H57N3O/c1-6-22-36-32-11-10-28(23-31(32)25(2)3)24-34-18-14-30(15-19-34)29-12-16-33(17-13-29)20-21-35-26(4)8-7-9-27(35)5/h1,25-32H,7-24H2,2-5H3/p+1. The molecule has 206 valence electrons. The number of rotatable bonds is 9. The maximum Gasteiger partial charge on any atom is 0.107 e. The molecule has 1 N–H and O–H groups in total. The van der Waals surface area contributed by atoms with E-state index in [1.165, 1.54) is 110 Å². The summed E-state index contributed by atoms with van der Waals surface area (Å²) in [4.78, 5) is 7.50. The number of piperidine rings is 3. The normalized spacial score (nSPS) is 37.7. The molecule has 0 spiro atoms. The molecule has 5 atom stereocenters. The summed E-state index contributed by atoms with van der Waals surface area (Å²) >= 11 is 0. The Kier molecular flexibility index (Phi) is 11.0. The Morgan fingerprint density at radius 2 is 1.58 bits per heavy atom. The van der Waals surface area contributed by atoms with Gasteiger partial charge in [0.2, 0.25) is 0 Å². The van der Waals surface area contributed by atoms with Crippen LogP contribution in [0.2, 0.25) is 0 Å². The zero-order valence-corrected chi connectivity index (χ0v) is 24.2. The SMILES string of the molecule is C#CCOC1CCC(CN2CCC(C3CC[NH+](CCN4C(C)CCCC4C)CC3)CC2)CC1C(C)C. The van der Waals surface area contributed by atoms with E-state index >= 15 is 0 Å². The van der Waals surface area contributed by atoms with Gasteiger partial charge in [-0.15, -0.1) is 6.42 Å². The van der Waals surface area contributed by atoms with Crippen molar-refractivity contribution in [3.05, 3.63) is 0 Å². The summed E-state index contributed by atoms with van der Waals surface area (Å²) in [7, 11) is 0. The molecule has 0 aromatic rings. The van der Waals surface area contributed by atoms with E-state index in [-0.39, 0.29) is 0 Å². The Labute approximate surface area is 223 Å². The second kappa shape index (κ2) is 14.0. The number of hydrogen-bond donors (Lipinski definition) is 1. The van der Waals surface area contributed by atoms with Crippen molar-refractivity contribution in [1.82, 2.24) is 9.80 Å². The van der Waals surface area contributed by atoms with Crippen LogP contribution in [0.1, 0.15) is 91.9 Å². The Morgan fingerprint density at radius 1 is 0.917 bits per heavy atom. The van der Waals surface area contributed by atoms with E-state index in [1.807, 2.05) is 4.90 Å². The third-order valence-corrected chi connectivity index (χ3v) is 10.8. The van der Waals surface area contributed by atoms with Crippen LogP contribution in [-0.2, 0) is 4.74 Å². The second-order valence-electron chi connectivity index (χ2n) is 13.5. The van der Waals surface area contributed by atoms with Gasteiger partial charge in [-0.05, 0) is 114 Å². The highest BCUT2D eigenvalue weighted by Gasteiger charge is 2.36. The number of hydrogen-bond acceptors (Lipinski definition) is 3. The van der Waals surface area contributed by atoms with Gasteiger partial charge in [0.05, 0.1) is 25.7 Å². The highest BCUT2D eigenvalue weighted by molar-refractivity contribution is 4.89. The summed E-state index contributed by atoms with van der Waals surface area (Å²) in [6, 6.07) is 1.59. The monoisotopic (exact) mass is 500 g/mol. The fourth-order valence-corrected chi connectivity index (χ4v) is 8.44. The van der Waals surface area contributed by atoms with Gasteiger partial charge in [0.15, 0.2) is 0 Å². The van der Waals surface area contributed by atoms with Crippen molar-refractivity contribution in [2.24, 2.45) is 29.6 Å². The largest absolute Gasteiger partial charge is 0.365 e. The lowest BCUT2D eigenvalue weighted by atomic mass is 9.73. The van der Waals surface area contributed by atoms with Crippen molar-refractivity contribution < 1.29 is 9.64 Å². The molecule has 3 saturated heterocycles. The summed E-state index contributed by atoms with van der Waals surface area (Å²) in [5.74, 6) is 6.85. The highest BCUT2D eigenvalue weighted by atomic mass is 16.5. The maximum atomic E-state index is 6.03. The van der Waals surface area contributed by atoms with E-state index < -0.39 is 0 Å². The van der Waals surface area contributed by atoms with Gasteiger partial charge in [-0.2, -0.15) is 0 Å². The van der Waals surface area contributed by atoms with Crippen LogP contribution in [0.3, 0.4) is 0 Å². The fourth-order valence-electron chi connectivity index (χ4n) is 8.44. The first kappa shape index (κ1) is 28.4. The highest BCUT2D eigenvalue weighted by Crippen LogP contribution is 2.37. The molecule has 4 aliphatic rings. The number of likely N-dealkylation sites (tertiary alicyclic amines) is 3. The van der Waals surface area contributed by atoms with Crippen molar-refractivity contribution in [3.63, 3.8) is 0 Å². The van der Waals surface area contributed by atoms with Crippen LogP contribution >= 0.6 is 0 Å². The minimum atomic E-state index is 0.377. The molecule has 3 aliphatic heterocycles. The lowest BCUT2D eigenvalue weighted by Crippen LogP contribution is -3.13. The Balaban J connectivity index is 1.13. The van der Waals surface area contributed by atoms with Crippen LogP contribution < -0.4 is 4.90 Å². The van der Waals surface area contributed by atoms with E-state index in [4.69, 9.17) is 11.2 Å². The molecule has 0 aromatic heterocycles. The smallest absolute Gasteiger partial charge is 0.107 e. The predicted octanol–water partition coefficient (Wildman–Crippen LogP) is 4.35. The molecule has 0 bridgehead atoms. The quantitative estimate of drug-likeness (QED) is 0.476. The van der Waals surface area contributed by atoms with Crippen molar-refractivity contribution >= 4 is 0 Å². The van der Waals surface area contributed by atoms with Crippen LogP contribution in [-0.4, -0.2) is 80.4 Å². The average molecular weight is 501 g/mol. The third kappa shape index (κ3) is 7.72. The molecular weight excluding hydrogens is 442 g/mol. The van der Waals surface area contributed by atoms with Crippen LogP contribution in [0, 0.1) is 41.9 Å². The van der Waals surface area contributed by atoms with Gasteiger partial charge in [-0.3, -0.25) is 4.90 Å². The first-order chi connectivity index (χ1) is 17.4. The van der Waals surface area contributed by atoms with Crippen molar-refractivity contribution in [3.8, 4) is 12.3 Å². The lowest BCUT2D eigenvalue weighted by molar-refractivity contribution is -0.906. The van der Waals surface area contributed by atoms with Gasteiger partial charge in [0.25, 0.3) is 0 Å². The molecule has 1 saturated carbocycles. The zero-order valence-electron chi connectivity index (χ0n) is 24.2. The minimum Gasteiger partial charge on any atom is -0.365 e. The van der Waals surface area contributed by atoms with Gasteiger partial charge in [0.1, 0.15) is 6.61 Å². The van der Waals surface area contributed by atoms with Gasteiger partial charge < -0.3 is 14.5 Å². The van der Waals surface area contributed by atoms with Gasteiger partial charge in [-0.1, -0.05) is 26.2 Å². The molecule has 5 unspecified atom stereocenters. The molecule has 0 radical (unpaired) electrons. The summed E-state index contributed by atoms with van der Waals surface area (Å²) < 4.78 is 6.03. The van der Waals surface area contributed by atoms with Crippen LogP contribution in [0.4, 0.5) is 0 Å². The van der Waals surface area contributed by atoms with E-state index in [1.54, 1.807) is 0 Å². The molecule has 4 nitrogen and oxygen atoms in total. The average Bonchev–Trinajstić information content (AvgIpc) is 2.88. The topological polar surface area (TPSA) is 20.1 Å². The molecule has 3 heterocycles. The first-order valence-electron chi connectivity index (χ1n) is 15.8. The van der Waals surface area contributed by atoms with E-state index in [0.717, 1.165) is 29.8 Å². The Hall–Kier alpha value is -0.600. The van der Waals surface area contributed by atoms with E-state index in [2.05, 4.69) is 43.4 Å².